The Labute approximate surface area is 254 Å². The van der Waals surface area contributed by atoms with Crippen LogP contribution in [0, 0.1) is 12.8 Å². The van der Waals surface area contributed by atoms with Crippen LogP contribution in [0.25, 0.3) is 10.9 Å². The lowest BCUT2D eigenvalue weighted by atomic mass is 9.84. The predicted molar refractivity (Wildman–Crippen MR) is 166 cm³/mol. The summed E-state index contributed by atoms with van der Waals surface area (Å²) in [5.41, 5.74) is 5.85. The van der Waals surface area contributed by atoms with Crippen molar-refractivity contribution in [3.05, 3.63) is 81.6 Å². The zero-order chi connectivity index (χ0) is 30.4. The normalized spacial score (nSPS) is 16.0. The number of carbonyl (C=O) groups excluding carboxylic acids is 3. The number of esters is 1. The number of thiazole rings is 1. The highest BCUT2D eigenvalue weighted by Gasteiger charge is 2.41. The Morgan fingerprint density at radius 1 is 1.16 bits per heavy atom. The second-order valence-corrected chi connectivity index (χ2v) is 12.3. The van der Waals surface area contributed by atoms with Gasteiger partial charge in [0.25, 0.3) is 11.1 Å². The molecule has 10 heteroatoms. The van der Waals surface area contributed by atoms with Crippen LogP contribution in [0.1, 0.15) is 66.5 Å². The SMILES string of the molecule is CCOC(=O)c1sc(Oc2ccc([C@@H]3C4=C(CN(C(C)=O)C4=O)Nc4cccc5c4c3cn5CCC(C)C)cc2)nc1C. The average Bonchev–Trinajstić information content (AvgIpc) is 3.60. The van der Waals surface area contributed by atoms with Crippen molar-refractivity contribution >= 4 is 45.7 Å². The molecule has 2 aromatic carbocycles. The molecule has 0 aliphatic carbocycles. The number of hydrogen-bond acceptors (Lipinski definition) is 8. The summed E-state index contributed by atoms with van der Waals surface area (Å²) in [7, 11) is 0. The Bertz CT molecular complexity index is 1780. The maximum atomic E-state index is 13.8. The number of nitrogens with one attached hydrogen (secondary N) is 1. The molecule has 2 amide bonds. The standard InChI is InChI=1S/C33H34N4O5S/c1-6-41-32(40)30-19(4)34-33(43-30)42-22-12-10-21(11-13-22)27-23-16-36(15-14-18(2)3)26-9-7-8-24(28(23)26)35-25-17-37(20(5)38)31(39)29(25)27/h7-13,16,18,27,35H,6,14-15,17H2,1-5H3/t27-/m0/s1. The number of aromatic nitrogens is 2. The molecule has 222 valence electrons. The number of aryl methyl sites for hydroxylation is 2. The topological polar surface area (TPSA) is 103 Å². The molecule has 4 heterocycles. The number of carbonyl (C=O) groups is 3. The molecular formula is C33H34N4O5S. The van der Waals surface area contributed by atoms with Gasteiger partial charge in [0.1, 0.15) is 10.6 Å². The number of hydrogen-bond donors (Lipinski definition) is 1. The molecule has 0 bridgehead atoms. The van der Waals surface area contributed by atoms with Crippen molar-refractivity contribution in [1.82, 2.24) is 14.5 Å². The van der Waals surface area contributed by atoms with E-state index in [9.17, 15) is 14.4 Å². The van der Waals surface area contributed by atoms with Crippen molar-refractivity contribution < 1.29 is 23.9 Å². The van der Waals surface area contributed by atoms with Crippen LogP contribution in [-0.4, -0.2) is 45.4 Å². The molecule has 0 fully saturated rings. The Hall–Kier alpha value is -4.44. The number of rotatable bonds is 8. The second-order valence-electron chi connectivity index (χ2n) is 11.3. The summed E-state index contributed by atoms with van der Waals surface area (Å²) in [6.45, 7) is 10.7. The highest BCUT2D eigenvalue weighted by molar-refractivity contribution is 7.15. The van der Waals surface area contributed by atoms with Crippen LogP contribution in [0.4, 0.5) is 5.69 Å². The van der Waals surface area contributed by atoms with Crippen molar-refractivity contribution in [2.75, 3.05) is 18.5 Å². The van der Waals surface area contributed by atoms with Gasteiger partial charge in [-0.1, -0.05) is 43.4 Å². The predicted octanol–water partition coefficient (Wildman–Crippen LogP) is 6.62. The van der Waals surface area contributed by atoms with E-state index in [0.29, 0.717) is 33.0 Å². The zero-order valence-electron chi connectivity index (χ0n) is 24.9. The van der Waals surface area contributed by atoms with Gasteiger partial charge in [0.15, 0.2) is 0 Å². The molecule has 1 N–H and O–H groups in total. The van der Waals surface area contributed by atoms with Gasteiger partial charge in [0.05, 0.1) is 29.9 Å². The molecule has 2 aliphatic rings. The van der Waals surface area contributed by atoms with Crippen LogP contribution in [-0.2, 0) is 20.9 Å². The minimum Gasteiger partial charge on any atom is -0.462 e. The van der Waals surface area contributed by atoms with E-state index in [4.69, 9.17) is 9.47 Å². The minimum atomic E-state index is -0.415. The summed E-state index contributed by atoms with van der Waals surface area (Å²) in [6, 6.07) is 13.8. The van der Waals surface area contributed by atoms with Gasteiger partial charge in [-0.15, -0.1) is 0 Å². The first-order chi connectivity index (χ1) is 20.7. The largest absolute Gasteiger partial charge is 0.462 e. The number of amides is 2. The molecule has 9 nitrogen and oxygen atoms in total. The first-order valence-electron chi connectivity index (χ1n) is 14.5. The summed E-state index contributed by atoms with van der Waals surface area (Å²) in [4.78, 5) is 44.6. The van der Waals surface area contributed by atoms with E-state index >= 15 is 0 Å². The summed E-state index contributed by atoms with van der Waals surface area (Å²) >= 11 is 1.14. The highest BCUT2D eigenvalue weighted by atomic mass is 32.1. The number of imide groups is 1. The van der Waals surface area contributed by atoms with Crippen LogP contribution in [0.5, 0.6) is 10.9 Å². The van der Waals surface area contributed by atoms with Crippen molar-refractivity contribution in [3.63, 3.8) is 0 Å². The van der Waals surface area contributed by atoms with Crippen LogP contribution < -0.4 is 10.1 Å². The maximum Gasteiger partial charge on any atom is 0.350 e. The lowest BCUT2D eigenvalue weighted by molar-refractivity contribution is -0.139. The van der Waals surface area contributed by atoms with Crippen molar-refractivity contribution in [1.29, 1.82) is 0 Å². The number of ether oxygens (including phenoxy) is 2. The molecule has 43 heavy (non-hydrogen) atoms. The monoisotopic (exact) mass is 598 g/mol. The van der Waals surface area contributed by atoms with Crippen molar-refractivity contribution in [2.45, 2.75) is 53.5 Å². The van der Waals surface area contributed by atoms with Crippen LogP contribution in [0.3, 0.4) is 0 Å². The summed E-state index contributed by atoms with van der Waals surface area (Å²) in [6.07, 6.45) is 3.19. The first-order valence-corrected chi connectivity index (χ1v) is 15.3. The van der Waals surface area contributed by atoms with Crippen LogP contribution >= 0.6 is 11.3 Å². The van der Waals surface area contributed by atoms with Gasteiger partial charge in [-0.3, -0.25) is 14.5 Å². The molecule has 0 unspecified atom stereocenters. The van der Waals surface area contributed by atoms with Gasteiger partial charge in [-0.2, -0.15) is 0 Å². The molecule has 1 atom stereocenters. The van der Waals surface area contributed by atoms with Crippen LogP contribution in [0.15, 0.2) is 59.9 Å². The third-order valence-corrected chi connectivity index (χ3v) is 8.94. The zero-order valence-corrected chi connectivity index (χ0v) is 25.7. The molecule has 0 saturated heterocycles. The van der Waals surface area contributed by atoms with E-state index in [0.717, 1.165) is 57.7 Å². The fraction of sp³-hybridized carbons (Fsp3) is 0.333. The van der Waals surface area contributed by atoms with Crippen molar-refractivity contribution in [3.8, 4) is 10.9 Å². The van der Waals surface area contributed by atoms with E-state index < -0.39 is 11.9 Å². The lowest BCUT2D eigenvalue weighted by Gasteiger charge is -2.19. The quantitative estimate of drug-likeness (QED) is 0.227. The van der Waals surface area contributed by atoms with E-state index in [1.54, 1.807) is 13.8 Å². The van der Waals surface area contributed by atoms with Gasteiger partial charge in [-0.25, -0.2) is 9.78 Å². The summed E-state index contributed by atoms with van der Waals surface area (Å²) in [5, 5.41) is 4.96. The Kier molecular flexibility index (Phi) is 7.56. The van der Waals surface area contributed by atoms with E-state index in [1.165, 1.54) is 11.8 Å². The lowest BCUT2D eigenvalue weighted by Crippen LogP contribution is -2.33. The number of anilines is 1. The minimum absolute atomic E-state index is 0.210. The molecular weight excluding hydrogens is 564 g/mol. The van der Waals surface area contributed by atoms with Gasteiger partial charge >= 0.3 is 5.97 Å². The maximum absolute atomic E-state index is 13.8. The van der Waals surface area contributed by atoms with Crippen molar-refractivity contribution in [2.24, 2.45) is 5.92 Å². The molecule has 2 aliphatic heterocycles. The highest BCUT2D eigenvalue weighted by Crippen LogP contribution is 2.47. The molecule has 4 aromatic rings. The first kappa shape index (κ1) is 28.7. The molecule has 0 spiro atoms. The summed E-state index contributed by atoms with van der Waals surface area (Å²) < 4.78 is 13.4. The van der Waals surface area contributed by atoms with Gasteiger partial charge in [0.2, 0.25) is 5.91 Å². The Balaban J connectivity index is 1.41. The smallest absolute Gasteiger partial charge is 0.350 e. The number of nitrogens with zero attached hydrogens (tertiary/aromatic N) is 3. The van der Waals surface area contributed by atoms with Crippen LogP contribution in [0.2, 0.25) is 0 Å². The third-order valence-electron chi connectivity index (χ3n) is 7.92. The van der Waals surface area contributed by atoms with E-state index in [2.05, 4.69) is 41.0 Å². The average molecular weight is 599 g/mol. The fourth-order valence-electron chi connectivity index (χ4n) is 5.83. The van der Waals surface area contributed by atoms with E-state index in [1.807, 2.05) is 36.4 Å². The van der Waals surface area contributed by atoms with Gasteiger partial charge in [-0.05, 0) is 61.6 Å². The summed E-state index contributed by atoms with van der Waals surface area (Å²) in [5.74, 6) is -0.267. The fourth-order valence-corrected chi connectivity index (χ4v) is 6.66. The van der Waals surface area contributed by atoms with E-state index in [-0.39, 0.29) is 25.0 Å². The van der Waals surface area contributed by atoms with Gasteiger partial charge < -0.3 is 19.4 Å². The molecule has 0 saturated carbocycles. The second kappa shape index (κ2) is 11.3. The molecule has 6 rings (SSSR count). The molecule has 2 aromatic heterocycles. The van der Waals surface area contributed by atoms with Gasteiger partial charge in [0, 0.05) is 42.4 Å². The Morgan fingerprint density at radius 2 is 1.93 bits per heavy atom. The number of benzene rings is 2. The third kappa shape index (κ3) is 5.20. The molecule has 0 radical (unpaired) electrons. The Morgan fingerprint density at radius 3 is 2.63 bits per heavy atom.